The minimum absolute atomic E-state index is 0.0466. The molecule has 2 fully saturated rings. The highest BCUT2D eigenvalue weighted by Gasteiger charge is 2.41. The molecule has 33 heavy (non-hydrogen) atoms. The number of piperidine rings is 1. The largest absolute Gasteiger partial charge is 0.497 e. The van der Waals surface area contributed by atoms with E-state index in [1.807, 2.05) is 42.3 Å². The monoisotopic (exact) mass is 455 g/mol. The first-order valence-corrected chi connectivity index (χ1v) is 11.7. The van der Waals surface area contributed by atoms with Crippen LogP contribution in [0, 0.1) is 0 Å². The number of β-amino-alcohol motifs (C(OH)–C–C–N with tert-alkyl or cyclic N) is 1. The van der Waals surface area contributed by atoms with Crippen molar-refractivity contribution in [2.24, 2.45) is 0 Å². The second-order valence-electron chi connectivity index (χ2n) is 8.75. The zero-order chi connectivity index (χ0) is 23.4. The van der Waals surface area contributed by atoms with Gasteiger partial charge in [0.15, 0.2) is 0 Å². The van der Waals surface area contributed by atoms with E-state index in [9.17, 15) is 14.7 Å². The van der Waals surface area contributed by atoms with E-state index in [1.165, 1.54) is 0 Å². The van der Waals surface area contributed by atoms with Gasteiger partial charge in [0.2, 0.25) is 5.91 Å². The fourth-order valence-electron chi connectivity index (χ4n) is 4.80. The number of aliphatic hydroxyl groups excluding tert-OH is 1. The number of benzene rings is 1. The van der Waals surface area contributed by atoms with Crippen LogP contribution < -0.4 is 10.1 Å². The molecule has 2 aromatic rings. The molecule has 2 saturated heterocycles. The van der Waals surface area contributed by atoms with Crippen molar-refractivity contribution >= 4 is 11.8 Å². The van der Waals surface area contributed by atoms with Crippen LogP contribution >= 0.6 is 0 Å². The summed E-state index contributed by atoms with van der Waals surface area (Å²) in [7, 11) is 1.62. The molecule has 4 rings (SSSR count). The Morgan fingerprint density at radius 1 is 1.24 bits per heavy atom. The molecule has 0 radical (unpaired) electrons. The maximum absolute atomic E-state index is 13.0. The third kappa shape index (κ3) is 5.36. The number of aryl methyl sites for hydroxylation is 1. The zero-order valence-corrected chi connectivity index (χ0v) is 19.3. The Morgan fingerprint density at radius 2 is 2.03 bits per heavy atom. The molecule has 2 amide bonds. The molecular weight excluding hydrogens is 422 g/mol. The lowest BCUT2D eigenvalue weighted by Gasteiger charge is -2.38. The van der Waals surface area contributed by atoms with Crippen LogP contribution in [0.15, 0.2) is 36.5 Å². The number of nitrogens with one attached hydrogen (secondary N) is 1. The Bertz CT molecular complexity index is 969. The van der Waals surface area contributed by atoms with Crippen LogP contribution in [0.2, 0.25) is 0 Å². The molecule has 1 aromatic carbocycles. The van der Waals surface area contributed by atoms with E-state index in [-0.39, 0.29) is 23.9 Å². The molecule has 9 heteroatoms. The number of nitrogens with zero attached hydrogens (tertiary/aromatic N) is 4. The van der Waals surface area contributed by atoms with Crippen LogP contribution in [0.3, 0.4) is 0 Å². The van der Waals surface area contributed by atoms with Gasteiger partial charge in [-0.25, -0.2) is 0 Å². The number of carbonyl (C=O) groups is 2. The van der Waals surface area contributed by atoms with Crippen LogP contribution in [-0.4, -0.2) is 81.4 Å². The second kappa shape index (κ2) is 10.4. The summed E-state index contributed by atoms with van der Waals surface area (Å²) >= 11 is 0. The van der Waals surface area contributed by atoms with Gasteiger partial charge in [0.05, 0.1) is 19.3 Å². The number of hydrogen-bond acceptors (Lipinski definition) is 6. The van der Waals surface area contributed by atoms with E-state index in [4.69, 9.17) is 4.74 Å². The molecule has 0 saturated carbocycles. The van der Waals surface area contributed by atoms with Gasteiger partial charge in [-0.2, -0.15) is 5.10 Å². The van der Waals surface area contributed by atoms with E-state index in [2.05, 4.69) is 15.3 Å². The lowest BCUT2D eigenvalue weighted by Crippen LogP contribution is -2.52. The molecule has 178 valence electrons. The normalized spacial score (nSPS) is 21.8. The number of ether oxygens (including phenoxy) is 1. The van der Waals surface area contributed by atoms with Crippen molar-refractivity contribution < 1.29 is 19.4 Å². The topological polar surface area (TPSA) is 99.9 Å². The quantitative estimate of drug-likeness (QED) is 0.652. The number of aromatic nitrogens is 2. The predicted molar refractivity (Wildman–Crippen MR) is 123 cm³/mol. The number of likely N-dealkylation sites (tertiary alicyclic amines) is 2. The van der Waals surface area contributed by atoms with Crippen molar-refractivity contribution in [1.82, 2.24) is 24.9 Å². The van der Waals surface area contributed by atoms with Gasteiger partial charge >= 0.3 is 0 Å². The van der Waals surface area contributed by atoms with Gasteiger partial charge < -0.3 is 20.1 Å². The van der Waals surface area contributed by atoms with Gasteiger partial charge in [-0.05, 0) is 49.9 Å². The molecule has 2 aliphatic rings. The van der Waals surface area contributed by atoms with Gasteiger partial charge in [0, 0.05) is 45.0 Å². The standard InChI is InChI=1S/C24H33N5O4/c1-3-28-12-9-21(26-28)24(32)27-10-7-18(8-11-27)29-16-19(30)14-22(29)23(31)25-15-17-5-4-6-20(13-17)33-2/h4-6,9,12-13,18-19,22,30H,3,7-8,10-11,14-16H2,1-2H3,(H,25,31)/t19-,22+/m1/s1. The van der Waals surface area contributed by atoms with Gasteiger partial charge in [-0.1, -0.05) is 12.1 Å². The number of hydrogen-bond donors (Lipinski definition) is 2. The first-order valence-electron chi connectivity index (χ1n) is 11.7. The number of aliphatic hydroxyl groups is 1. The smallest absolute Gasteiger partial charge is 0.274 e. The van der Waals surface area contributed by atoms with E-state index < -0.39 is 6.10 Å². The summed E-state index contributed by atoms with van der Waals surface area (Å²) in [6.07, 6.45) is 3.27. The van der Waals surface area contributed by atoms with E-state index >= 15 is 0 Å². The Kier molecular flexibility index (Phi) is 7.29. The maximum Gasteiger partial charge on any atom is 0.274 e. The molecular formula is C24H33N5O4. The van der Waals surface area contributed by atoms with Gasteiger partial charge in [0.1, 0.15) is 11.4 Å². The van der Waals surface area contributed by atoms with Crippen LogP contribution in [0.4, 0.5) is 0 Å². The van der Waals surface area contributed by atoms with Gasteiger partial charge in [0.25, 0.3) is 5.91 Å². The molecule has 1 aromatic heterocycles. The highest BCUT2D eigenvalue weighted by molar-refractivity contribution is 5.92. The fraction of sp³-hybridized carbons (Fsp3) is 0.542. The fourth-order valence-corrected chi connectivity index (χ4v) is 4.80. The highest BCUT2D eigenvalue weighted by Crippen LogP contribution is 2.27. The zero-order valence-electron chi connectivity index (χ0n) is 19.3. The van der Waals surface area contributed by atoms with Crippen LogP contribution in [0.1, 0.15) is 42.2 Å². The third-order valence-corrected chi connectivity index (χ3v) is 6.63. The Morgan fingerprint density at radius 3 is 2.73 bits per heavy atom. The predicted octanol–water partition coefficient (Wildman–Crippen LogP) is 1.27. The maximum atomic E-state index is 13.0. The molecule has 0 spiro atoms. The summed E-state index contributed by atoms with van der Waals surface area (Å²) in [6.45, 7) is 4.85. The molecule has 0 unspecified atom stereocenters. The molecule has 3 heterocycles. The molecule has 0 bridgehead atoms. The summed E-state index contributed by atoms with van der Waals surface area (Å²) in [5.41, 5.74) is 1.44. The van der Waals surface area contributed by atoms with Crippen molar-refractivity contribution in [1.29, 1.82) is 0 Å². The van der Waals surface area contributed by atoms with Gasteiger partial charge in [-0.15, -0.1) is 0 Å². The summed E-state index contributed by atoms with van der Waals surface area (Å²) in [5, 5.41) is 17.6. The van der Waals surface area contributed by atoms with Crippen molar-refractivity contribution in [3.05, 3.63) is 47.8 Å². The lowest BCUT2D eigenvalue weighted by atomic mass is 10.0. The molecule has 2 N–H and O–H groups in total. The number of methoxy groups -OCH3 is 1. The van der Waals surface area contributed by atoms with Crippen molar-refractivity contribution in [2.75, 3.05) is 26.7 Å². The van der Waals surface area contributed by atoms with E-state index in [1.54, 1.807) is 17.9 Å². The van der Waals surface area contributed by atoms with E-state index in [0.29, 0.717) is 38.3 Å². The number of carbonyl (C=O) groups excluding carboxylic acids is 2. The van der Waals surface area contributed by atoms with Crippen molar-refractivity contribution in [3.8, 4) is 5.75 Å². The second-order valence-corrected chi connectivity index (χ2v) is 8.75. The van der Waals surface area contributed by atoms with Gasteiger partial charge in [-0.3, -0.25) is 19.2 Å². The summed E-state index contributed by atoms with van der Waals surface area (Å²) in [6, 6.07) is 9.17. The molecule has 0 aliphatic carbocycles. The van der Waals surface area contributed by atoms with Crippen LogP contribution in [0.5, 0.6) is 5.75 Å². The Labute approximate surface area is 194 Å². The number of amides is 2. The summed E-state index contributed by atoms with van der Waals surface area (Å²) in [5.74, 6) is 0.634. The highest BCUT2D eigenvalue weighted by atomic mass is 16.5. The van der Waals surface area contributed by atoms with E-state index in [0.717, 1.165) is 30.7 Å². The van der Waals surface area contributed by atoms with Crippen LogP contribution in [0.25, 0.3) is 0 Å². The Hall–Kier alpha value is -2.91. The van der Waals surface area contributed by atoms with Crippen LogP contribution in [-0.2, 0) is 17.9 Å². The average molecular weight is 456 g/mol. The minimum atomic E-state index is -0.518. The SMILES string of the molecule is CCn1ccc(C(=O)N2CCC(N3C[C@H](O)C[C@H]3C(=O)NCc3cccc(OC)c3)CC2)n1. The third-order valence-electron chi connectivity index (χ3n) is 6.63. The summed E-state index contributed by atoms with van der Waals surface area (Å²) < 4.78 is 7.00. The average Bonchev–Trinajstić information content (AvgIpc) is 3.49. The minimum Gasteiger partial charge on any atom is -0.497 e. The molecule has 9 nitrogen and oxygen atoms in total. The summed E-state index contributed by atoms with van der Waals surface area (Å²) in [4.78, 5) is 29.7. The van der Waals surface area contributed by atoms with Crippen molar-refractivity contribution in [2.45, 2.75) is 57.5 Å². The molecule has 2 atom stereocenters. The lowest BCUT2D eigenvalue weighted by molar-refractivity contribution is -0.126. The molecule has 2 aliphatic heterocycles. The Balaban J connectivity index is 1.33. The van der Waals surface area contributed by atoms with Crippen molar-refractivity contribution in [3.63, 3.8) is 0 Å². The number of rotatable bonds is 7. The first-order chi connectivity index (χ1) is 16.0. The first kappa shape index (κ1) is 23.3.